The maximum atomic E-state index is 12.5. The molecule has 1 N–H and O–H groups in total. The third kappa shape index (κ3) is 9.19. The van der Waals surface area contributed by atoms with Crippen molar-refractivity contribution in [3.63, 3.8) is 0 Å². The molecule has 2 aromatic carbocycles. The molecule has 2 unspecified atom stereocenters. The van der Waals surface area contributed by atoms with Gasteiger partial charge in [0.2, 0.25) is 0 Å². The zero-order chi connectivity index (χ0) is 26.3. The van der Waals surface area contributed by atoms with Crippen molar-refractivity contribution in [1.29, 1.82) is 0 Å². The standard InChI is InChI=1S/C28H36ClNO6/c1-4-8-25(28(33)35-6-3)36-24-16-14-21(15-17-24)26(31)30-18-7-9-23(19-29)20-10-12-22(13-11-20)27(32)34-5-2/h10-17,23,25H,4-9,18-19H2,1-3H3,(H,30,31). The summed E-state index contributed by atoms with van der Waals surface area (Å²) >= 11 is 6.18. The van der Waals surface area contributed by atoms with Gasteiger partial charge in [0.25, 0.3) is 5.91 Å². The van der Waals surface area contributed by atoms with Gasteiger partial charge in [0, 0.05) is 18.0 Å². The Balaban J connectivity index is 1.82. The Labute approximate surface area is 218 Å². The second-order valence-corrected chi connectivity index (χ2v) is 8.57. The van der Waals surface area contributed by atoms with E-state index >= 15 is 0 Å². The maximum absolute atomic E-state index is 12.5. The van der Waals surface area contributed by atoms with Crippen LogP contribution in [0.25, 0.3) is 0 Å². The molecule has 0 bridgehead atoms. The Hall–Kier alpha value is -3.06. The Kier molecular flexibility index (Phi) is 12.8. The number of hydrogen-bond acceptors (Lipinski definition) is 6. The summed E-state index contributed by atoms with van der Waals surface area (Å²) in [6.45, 7) is 6.65. The molecule has 1 amide bonds. The summed E-state index contributed by atoms with van der Waals surface area (Å²) in [6, 6.07) is 14.0. The molecule has 2 rings (SSSR count). The van der Waals surface area contributed by atoms with Gasteiger partial charge in [-0.1, -0.05) is 25.5 Å². The molecule has 7 nitrogen and oxygen atoms in total. The third-order valence-electron chi connectivity index (χ3n) is 5.59. The number of esters is 2. The summed E-state index contributed by atoms with van der Waals surface area (Å²) < 4.78 is 15.9. The fraction of sp³-hybridized carbons (Fsp3) is 0.464. The van der Waals surface area contributed by atoms with Gasteiger partial charge in [-0.15, -0.1) is 11.6 Å². The predicted molar refractivity (Wildman–Crippen MR) is 140 cm³/mol. The largest absolute Gasteiger partial charge is 0.479 e. The number of nitrogens with one attached hydrogen (secondary N) is 1. The summed E-state index contributed by atoms with van der Waals surface area (Å²) in [4.78, 5) is 36.4. The molecule has 0 aliphatic heterocycles. The van der Waals surface area contributed by atoms with Crippen molar-refractivity contribution in [3.05, 3.63) is 65.2 Å². The van der Waals surface area contributed by atoms with Crippen LogP contribution in [0.2, 0.25) is 0 Å². The Bertz CT molecular complexity index is 961. The highest BCUT2D eigenvalue weighted by atomic mass is 35.5. The van der Waals surface area contributed by atoms with E-state index < -0.39 is 6.10 Å². The van der Waals surface area contributed by atoms with Gasteiger partial charge < -0.3 is 19.5 Å². The monoisotopic (exact) mass is 517 g/mol. The van der Waals surface area contributed by atoms with Gasteiger partial charge in [0.15, 0.2) is 6.10 Å². The Morgan fingerprint density at radius 3 is 2.08 bits per heavy atom. The number of carbonyl (C=O) groups excluding carboxylic acids is 3. The molecular weight excluding hydrogens is 482 g/mol. The number of halogens is 1. The van der Waals surface area contributed by atoms with Gasteiger partial charge in [0.1, 0.15) is 5.75 Å². The predicted octanol–water partition coefficient (Wildman–Crippen LogP) is 5.51. The number of benzene rings is 2. The van der Waals surface area contributed by atoms with Gasteiger partial charge >= 0.3 is 11.9 Å². The normalized spacial score (nSPS) is 12.3. The SMILES string of the molecule is CCCC(Oc1ccc(C(=O)NCCCC(CCl)c2ccc(C(=O)OCC)cc2)cc1)C(=O)OCC. The number of rotatable bonds is 15. The average Bonchev–Trinajstić information content (AvgIpc) is 2.89. The van der Waals surface area contributed by atoms with Crippen LogP contribution in [0.4, 0.5) is 0 Å². The minimum absolute atomic E-state index is 0.117. The summed E-state index contributed by atoms with van der Waals surface area (Å²) in [5.41, 5.74) is 2.07. The molecule has 0 aliphatic carbocycles. The first kappa shape index (κ1) is 29.2. The number of amides is 1. The average molecular weight is 518 g/mol. The van der Waals surface area contributed by atoms with Crippen molar-refractivity contribution in [2.24, 2.45) is 0 Å². The van der Waals surface area contributed by atoms with Crippen LogP contribution in [0, 0.1) is 0 Å². The molecule has 36 heavy (non-hydrogen) atoms. The zero-order valence-corrected chi connectivity index (χ0v) is 22.0. The molecule has 2 aromatic rings. The van der Waals surface area contributed by atoms with Crippen molar-refractivity contribution in [1.82, 2.24) is 5.32 Å². The third-order valence-corrected chi connectivity index (χ3v) is 5.96. The van der Waals surface area contributed by atoms with E-state index in [0.29, 0.717) is 48.9 Å². The smallest absolute Gasteiger partial charge is 0.347 e. The van der Waals surface area contributed by atoms with E-state index in [1.165, 1.54) is 0 Å². The number of carbonyl (C=O) groups is 3. The first-order valence-electron chi connectivity index (χ1n) is 12.5. The molecule has 0 radical (unpaired) electrons. The highest BCUT2D eigenvalue weighted by Crippen LogP contribution is 2.23. The molecule has 0 fully saturated rings. The van der Waals surface area contributed by atoms with Crippen LogP contribution in [-0.4, -0.2) is 49.6 Å². The first-order chi connectivity index (χ1) is 17.4. The quantitative estimate of drug-likeness (QED) is 0.190. The number of hydrogen-bond donors (Lipinski definition) is 1. The lowest BCUT2D eigenvalue weighted by atomic mass is 9.95. The fourth-order valence-electron chi connectivity index (χ4n) is 3.66. The Morgan fingerprint density at radius 2 is 1.50 bits per heavy atom. The van der Waals surface area contributed by atoms with Crippen LogP contribution in [0.3, 0.4) is 0 Å². The summed E-state index contributed by atoms with van der Waals surface area (Å²) in [7, 11) is 0. The Morgan fingerprint density at radius 1 is 0.861 bits per heavy atom. The van der Waals surface area contributed by atoms with Crippen LogP contribution < -0.4 is 10.1 Å². The summed E-state index contributed by atoms with van der Waals surface area (Å²) in [6.07, 6.45) is 2.23. The lowest BCUT2D eigenvalue weighted by Gasteiger charge is -2.17. The fourth-order valence-corrected chi connectivity index (χ4v) is 4.00. The molecule has 0 saturated heterocycles. The van der Waals surface area contributed by atoms with Gasteiger partial charge in [-0.3, -0.25) is 4.79 Å². The van der Waals surface area contributed by atoms with Crippen molar-refractivity contribution >= 4 is 29.4 Å². The van der Waals surface area contributed by atoms with E-state index in [-0.39, 0.29) is 23.8 Å². The second-order valence-electron chi connectivity index (χ2n) is 8.26. The topological polar surface area (TPSA) is 90.9 Å². The van der Waals surface area contributed by atoms with E-state index in [1.54, 1.807) is 50.2 Å². The van der Waals surface area contributed by atoms with E-state index in [1.807, 2.05) is 19.1 Å². The lowest BCUT2D eigenvalue weighted by Crippen LogP contribution is -2.29. The van der Waals surface area contributed by atoms with E-state index in [0.717, 1.165) is 24.8 Å². The van der Waals surface area contributed by atoms with Gasteiger partial charge in [-0.05, 0) is 81.0 Å². The van der Waals surface area contributed by atoms with Gasteiger partial charge in [-0.25, -0.2) is 9.59 Å². The molecule has 0 heterocycles. The van der Waals surface area contributed by atoms with Crippen molar-refractivity contribution < 1.29 is 28.6 Å². The highest BCUT2D eigenvalue weighted by molar-refractivity contribution is 6.18. The van der Waals surface area contributed by atoms with Gasteiger partial charge in [0.05, 0.1) is 18.8 Å². The molecule has 0 spiro atoms. The van der Waals surface area contributed by atoms with Crippen molar-refractivity contribution in [2.45, 2.75) is 58.5 Å². The first-order valence-corrected chi connectivity index (χ1v) is 13.0. The maximum Gasteiger partial charge on any atom is 0.347 e. The van der Waals surface area contributed by atoms with Crippen LogP contribution in [0.15, 0.2) is 48.5 Å². The minimum atomic E-state index is -0.661. The van der Waals surface area contributed by atoms with E-state index in [9.17, 15) is 14.4 Å². The molecular formula is C28H36ClNO6. The molecule has 0 aromatic heterocycles. The summed E-state index contributed by atoms with van der Waals surface area (Å²) in [5, 5.41) is 2.93. The minimum Gasteiger partial charge on any atom is -0.479 e. The highest BCUT2D eigenvalue weighted by Gasteiger charge is 2.21. The van der Waals surface area contributed by atoms with Crippen molar-refractivity contribution in [3.8, 4) is 5.75 Å². The van der Waals surface area contributed by atoms with E-state index in [4.69, 9.17) is 25.8 Å². The molecule has 2 atom stereocenters. The zero-order valence-electron chi connectivity index (χ0n) is 21.3. The van der Waals surface area contributed by atoms with Crippen molar-refractivity contribution in [2.75, 3.05) is 25.6 Å². The number of ether oxygens (including phenoxy) is 3. The molecule has 196 valence electrons. The van der Waals surface area contributed by atoms with Crippen LogP contribution in [0.5, 0.6) is 5.75 Å². The van der Waals surface area contributed by atoms with Gasteiger partial charge in [-0.2, -0.15) is 0 Å². The lowest BCUT2D eigenvalue weighted by molar-refractivity contribution is -0.151. The molecule has 8 heteroatoms. The number of alkyl halides is 1. The van der Waals surface area contributed by atoms with Crippen LogP contribution in [0.1, 0.15) is 78.7 Å². The second kappa shape index (κ2) is 15.8. The van der Waals surface area contributed by atoms with Crippen LogP contribution >= 0.6 is 11.6 Å². The van der Waals surface area contributed by atoms with Crippen LogP contribution in [-0.2, 0) is 14.3 Å². The molecule has 0 saturated carbocycles. The summed E-state index contributed by atoms with van der Waals surface area (Å²) in [5.74, 6) is 0.167. The van der Waals surface area contributed by atoms with E-state index in [2.05, 4.69) is 5.32 Å². The molecule has 0 aliphatic rings.